The SMILES string of the molecule is N#Cc1cccc(C2(N)CC2)c1. The Bertz CT molecular complexity index is 345. The highest BCUT2D eigenvalue weighted by atomic mass is 14.8. The second-order valence-corrected chi connectivity index (χ2v) is 3.35. The van der Waals surface area contributed by atoms with E-state index >= 15 is 0 Å². The van der Waals surface area contributed by atoms with Crippen LogP contribution in [0.3, 0.4) is 0 Å². The molecule has 12 heavy (non-hydrogen) atoms. The summed E-state index contributed by atoms with van der Waals surface area (Å²) in [7, 11) is 0. The molecule has 0 aromatic heterocycles. The van der Waals surface area contributed by atoms with Crippen molar-refractivity contribution in [2.24, 2.45) is 5.73 Å². The van der Waals surface area contributed by atoms with Crippen LogP contribution in [0.15, 0.2) is 24.3 Å². The van der Waals surface area contributed by atoms with Crippen LogP contribution in [-0.2, 0) is 5.54 Å². The molecule has 0 unspecified atom stereocenters. The normalized spacial score (nSPS) is 18.3. The topological polar surface area (TPSA) is 49.8 Å². The predicted octanol–water partition coefficient (Wildman–Crippen LogP) is 1.51. The van der Waals surface area contributed by atoms with Crippen molar-refractivity contribution >= 4 is 0 Å². The number of rotatable bonds is 1. The van der Waals surface area contributed by atoms with Crippen LogP contribution in [0.25, 0.3) is 0 Å². The van der Waals surface area contributed by atoms with Gasteiger partial charge in [0.25, 0.3) is 0 Å². The standard InChI is InChI=1S/C10H10N2/c11-7-8-2-1-3-9(6-8)10(12)4-5-10/h1-3,6H,4-5,12H2. The Morgan fingerprint density at radius 1 is 1.42 bits per heavy atom. The molecule has 0 bridgehead atoms. The van der Waals surface area contributed by atoms with Crippen molar-refractivity contribution in [2.75, 3.05) is 0 Å². The summed E-state index contributed by atoms with van der Waals surface area (Å²) in [5.74, 6) is 0. The molecule has 0 spiro atoms. The van der Waals surface area contributed by atoms with Crippen LogP contribution in [0.5, 0.6) is 0 Å². The fraction of sp³-hybridized carbons (Fsp3) is 0.300. The van der Waals surface area contributed by atoms with Crippen LogP contribution in [0.2, 0.25) is 0 Å². The molecule has 1 saturated carbocycles. The van der Waals surface area contributed by atoms with Crippen LogP contribution < -0.4 is 5.73 Å². The maximum absolute atomic E-state index is 8.66. The number of nitrogens with zero attached hydrogens (tertiary/aromatic N) is 1. The Kier molecular flexibility index (Phi) is 1.42. The first kappa shape index (κ1) is 7.33. The highest BCUT2D eigenvalue weighted by molar-refractivity contribution is 5.38. The highest BCUT2D eigenvalue weighted by Gasteiger charge is 2.39. The van der Waals surface area contributed by atoms with Crippen molar-refractivity contribution in [3.63, 3.8) is 0 Å². The fourth-order valence-electron chi connectivity index (χ4n) is 1.32. The van der Waals surface area contributed by atoms with Gasteiger partial charge in [0, 0.05) is 5.54 Å². The minimum atomic E-state index is -0.118. The van der Waals surface area contributed by atoms with Gasteiger partial charge >= 0.3 is 0 Å². The van der Waals surface area contributed by atoms with E-state index < -0.39 is 0 Å². The van der Waals surface area contributed by atoms with E-state index in [1.54, 1.807) is 6.07 Å². The average molecular weight is 158 g/mol. The molecule has 1 aromatic rings. The lowest BCUT2D eigenvalue weighted by molar-refractivity contribution is 0.740. The molecule has 60 valence electrons. The summed E-state index contributed by atoms with van der Waals surface area (Å²) in [6, 6.07) is 9.68. The molecule has 0 radical (unpaired) electrons. The Labute approximate surface area is 71.6 Å². The molecule has 1 aliphatic carbocycles. The van der Waals surface area contributed by atoms with Gasteiger partial charge < -0.3 is 5.73 Å². The Balaban J connectivity index is 2.40. The monoisotopic (exact) mass is 158 g/mol. The first-order valence-corrected chi connectivity index (χ1v) is 4.04. The number of hydrogen-bond acceptors (Lipinski definition) is 2. The Morgan fingerprint density at radius 3 is 2.75 bits per heavy atom. The van der Waals surface area contributed by atoms with Gasteiger partial charge in [0.05, 0.1) is 11.6 Å². The van der Waals surface area contributed by atoms with Crippen LogP contribution >= 0.6 is 0 Å². The van der Waals surface area contributed by atoms with E-state index in [-0.39, 0.29) is 5.54 Å². The summed E-state index contributed by atoms with van der Waals surface area (Å²) in [6.07, 6.45) is 2.09. The van der Waals surface area contributed by atoms with Gasteiger partial charge in [-0.3, -0.25) is 0 Å². The minimum Gasteiger partial charge on any atom is -0.321 e. The van der Waals surface area contributed by atoms with Crippen molar-refractivity contribution in [3.8, 4) is 6.07 Å². The zero-order valence-electron chi connectivity index (χ0n) is 6.75. The molecule has 1 aromatic carbocycles. The van der Waals surface area contributed by atoms with E-state index in [4.69, 9.17) is 11.0 Å². The Morgan fingerprint density at radius 2 is 2.17 bits per heavy atom. The van der Waals surface area contributed by atoms with E-state index in [9.17, 15) is 0 Å². The molecule has 0 aliphatic heterocycles. The summed E-state index contributed by atoms with van der Waals surface area (Å²) in [4.78, 5) is 0. The summed E-state index contributed by atoms with van der Waals surface area (Å²) in [5, 5.41) is 8.66. The second kappa shape index (κ2) is 2.33. The molecule has 2 rings (SSSR count). The van der Waals surface area contributed by atoms with E-state index in [1.165, 1.54) is 0 Å². The van der Waals surface area contributed by atoms with Gasteiger partial charge in [-0.2, -0.15) is 5.26 Å². The maximum Gasteiger partial charge on any atom is 0.0991 e. The molecular formula is C10H10N2. The van der Waals surface area contributed by atoms with Gasteiger partial charge in [-0.1, -0.05) is 12.1 Å². The van der Waals surface area contributed by atoms with Crippen LogP contribution in [-0.4, -0.2) is 0 Å². The van der Waals surface area contributed by atoms with Gasteiger partial charge in [0.15, 0.2) is 0 Å². The molecule has 1 fully saturated rings. The zero-order chi connectivity index (χ0) is 8.60. The molecule has 1 aliphatic rings. The second-order valence-electron chi connectivity index (χ2n) is 3.35. The molecule has 2 N–H and O–H groups in total. The predicted molar refractivity (Wildman–Crippen MR) is 46.3 cm³/mol. The average Bonchev–Trinajstić information content (AvgIpc) is 2.85. The quantitative estimate of drug-likeness (QED) is 0.673. The molecule has 0 atom stereocenters. The van der Waals surface area contributed by atoms with Crippen molar-refractivity contribution in [1.29, 1.82) is 5.26 Å². The summed E-state index contributed by atoms with van der Waals surface area (Å²) in [5.41, 5.74) is 7.66. The van der Waals surface area contributed by atoms with Gasteiger partial charge in [-0.25, -0.2) is 0 Å². The number of nitriles is 1. The van der Waals surface area contributed by atoms with E-state index in [1.807, 2.05) is 18.2 Å². The fourth-order valence-corrected chi connectivity index (χ4v) is 1.32. The van der Waals surface area contributed by atoms with Crippen molar-refractivity contribution < 1.29 is 0 Å². The molecule has 2 nitrogen and oxygen atoms in total. The highest BCUT2D eigenvalue weighted by Crippen LogP contribution is 2.42. The van der Waals surface area contributed by atoms with E-state index in [0.717, 1.165) is 18.4 Å². The number of nitrogens with two attached hydrogens (primary N) is 1. The number of benzene rings is 1. The van der Waals surface area contributed by atoms with Crippen LogP contribution in [0.4, 0.5) is 0 Å². The minimum absolute atomic E-state index is 0.118. The van der Waals surface area contributed by atoms with E-state index in [0.29, 0.717) is 5.56 Å². The van der Waals surface area contributed by atoms with Crippen molar-refractivity contribution in [1.82, 2.24) is 0 Å². The van der Waals surface area contributed by atoms with Gasteiger partial charge in [-0.15, -0.1) is 0 Å². The lowest BCUT2D eigenvalue weighted by atomic mass is 10.0. The third kappa shape index (κ3) is 1.09. The van der Waals surface area contributed by atoms with Crippen molar-refractivity contribution in [2.45, 2.75) is 18.4 Å². The molecule has 0 heterocycles. The third-order valence-corrected chi connectivity index (χ3v) is 2.36. The first-order valence-electron chi connectivity index (χ1n) is 4.04. The van der Waals surface area contributed by atoms with Crippen LogP contribution in [0, 0.1) is 11.3 Å². The Hall–Kier alpha value is -1.33. The molecule has 0 amide bonds. The van der Waals surface area contributed by atoms with Crippen LogP contribution in [0.1, 0.15) is 24.0 Å². The summed E-state index contributed by atoms with van der Waals surface area (Å²) in [6.45, 7) is 0. The van der Waals surface area contributed by atoms with E-state index in [2.05, 4.69) is 6.07 Å². The summed E-state index contributed by atoms with van der Waals surface area (Å²) >= 11 is 0. The molecular weight excluding hydrogens is 148 g/mol. The largest absolute Gasteiger partial charge is 0.321 e. The molecule has 0 saturated heterocycles. The number of hydrogen-bond donors (Lipinski definition) is 1. The van der Waals surface area contributed by atoms with Gasteiger partial charge in [0.1, 0.15) is 0 Å². The van der Waals surface area contributed by atoms with Gasteiger partial charge in [-0.05, 0) is 30.5 Å². The lowest BCUT2D eigenvalue weighted by Crippen LogP contribution is -2.18. The first-order chi connectivity index (χ1) is 5.74. The molecule has 2 heteroatoms. The van der Waals surface area contributed by atoms with Gasteiger partial charge in [0.2, 0.25) is 0 Å². The maximum atomic E-state index is 8.66. The zero-order valence-corrected chi connectivity index (χ0v) is 6.75. The smallest absolute Gasteiger partial charge is 0.0991 e. The summed E-state index contributed by atoms with van der Waals surface area (Å²) < 4.78 is 0. The third-order valence-electron chi connectivity index (χ3n) is 2.36. The van der Waals surface area contributed by atoms with Crippen molar-refractivity contribution in [3.05, 3.63) is 35.4 Å². The lowest BCUT2D eigenvalue weighted by Gasteiger charge is -2.07.